The van der Waals surface area contributed by atoms with Crippen LogP contribution >= 0.6 is 0 Å². The molecule has 0 N–H and O–H groups in total. The Labute approximate surface area is 152 Å². The highest BCUT2D eigenvalue weighted by molar-refractivity contribution is 6.05. The summed E-state index contributed by atoms with van der Waals surface area (Å²) in [6, 6.07) is 15.3. The largest absolute Gasteiger partial charge is 0.497 e. The summed E-state index contributed by atoms with van der Waals surface area (Å²) in [5, 5.41) is 0. The van der Waals surface area contributed by atoms with Gasteiger partial charge in [0, 0.05) is 37.2 Å². The number of carbonyl (C=O) groups is 3. The molecule has 1 heterocycles. The van der Waals surface area contributed by atoms with Gasteiger partial charge >= 0.3 is 6.03 Å². The van der Waals surface area contributed by atoms with E-state index in [1.165, 1.54) is 4.90 Å². The molecule has 1 saturated heterocycles. The zero-order chi connectivity index (χ0) is 18.5. The van der Waals surface area contributed by atoms with E-state index in [9.17, 15) is 14.4 Å². The van der Waals surface area contributed by atoms with E-state index < -0.39 is 0 Å². The second-order valence-corrected chi connectivity index (χ2v) is 5.99. The number of amides is 3. The summed E-state index contributed by atoms with van der Waals surface area (Å²) in [7, 11) is 1.55. The first-order valence-electron chi connectivity index (χ1n) is 8.43. The molecule has 0 aliphatic carbocycles. The lowest BCUT2D eigenvalue weighted by molar-refractivity contribution is 0.0822. The Balaban J connectivity index is 1.58. The maximum Gasteiger partial charge on any atom is 0.327 e. The Morgan fingerprint density at radius 3 is 2.31 bits per heavy atom. The van der Waals surface area contributed by atoms with Crippen LogP contribution in [0.4, 0.5) is 4.79 Å². The fraction of sp³-hybridized carbons (Fsp3) is 0.250. The van der Waals surface area contributed by atoms with Gasteiger partial charge in [0.15, 0.2) is 5.78 Å². The molecule has 0 bridgehead atoms. The van der Waals surface area contributed by atoms with Gasteiger partial charge in [-0.25, -0.2) is 4.79 Å². The zero-order valence-electron chi connectivity index (χ0n) is 14.6. The van der Waals surface area contributed by atoms with Gasteiger partial charge in [-0.1, -0.05) is 30.3 Å². The maximum absolute atomic E-state index is 12.5. The molecule has 2 aromatic rings. The highest BCUT2D eigenvalue weighted by atomic mass is 16.5. The molecule has 1 fully saturated rings. The van der Waals surface area contributed by atoms with E-state index >= 15 is 0 Å². The summed E-state index contributed by atoms with van der Waals surface area (Å²) < 4.78 is 5.07. The number of hydrogen-bond donors (Lipinski definition) is 0. The number of Topliss-reactive ketones (excluding diaryl/α,β-unsaturated/α-hetero) is 1. The lowest BCUT2D eigenvalue weighted by atomic mass is 10.1. The van der Waals surface area contributed by atoms with Gasteiger partial charge in [-0.2, -0.15) is 0 Å². The van der Waals surface area contributed by atoms with Crippen molar-refractivity contribution >= 4 is 17.7 Å². The van der Waals surface area contributed by atoms with Crippen molar-refractivity contribution in [2.24, 2.45) is 0 Å². The number of rotatable bonds is 6. The molecule has 6 nitrogen and oxygen atoms in total. The molecule has 134 valence electrons. The van der Waals surface area contributed by atoms with Crippen LogP contribution in [0.25, 0.3) is 0 Å². The third kappa shape index (κ3) is 3.74. The fourth-order valence-electron chi connectivity index (χ4n) is 2.87. The molecule has 0 atom stereocenters. The number of carbonyl (C=O) groups excluding carboxylic acids is 3. The topological polar surface area (TPSA) is 66.9 Å². The van der Waals surface area contributed by atoms with E-state index in [0.29, 0.717) is 36.5 Å². The van der Waals surface area contributed by atoms with Crippen LogP contribution in [0.3, 0.4) is 0 Å². The van der Waals surface area contributed by atoms with E-state index in [-0.39, 0.29) is 24.1 Å². The molecule has 2 aromatic carbocycles. The van der Waals surface area contributed by atoms with Crippen molar-refractivity contribution in [2.45, 2.75) is 6.42 Å². The first-order chi connectivity index (χ1) is 12.6. The SMILES string of the molecule is COc1ccc(C(=O)N2CCN(CCC(=O)c3ccccc3)C2=O)cc1. The van der Waals surface area contributed by atoms with Crippen LogP contribution < -0.4 is 4.74 Å². The van der Waals surface area contributed by atoms with E-state index in [4.69, 9.17) is 4.74 Å². The number of imide groups is 1. The molecular formula is C20H20N2O4. The lowest BCUT2D eigenvalue weighted by Gasteiger charge is -2.17. The number of methoxy groups -OCH3 is 1. The Morgan fingerprint density at radius 1 is 0.962 bits per heavy atom. The Kier molecular flexibility index (Phi) is 5.31. The highest BCUT2D eigenvalue weighted by Gasteiger charge is 2.33. The van der Waals surface area contributed by atoms with Gasteiger partial charge in [0.2, 0.25) is 0 Å². The average Bonchev–Trinajstić information content (AvgIpc) is 3.06. The minimum atomic E-state index is -0.355. The smallest absolute Gasteiger partial charge is 0.327 e. The van der Waals surface area contributed by atoms with E-state index in [1.807, 2.05) is 18.2 Å². The van der Waals surface area contributed by atoms with Crippen LogP contribution in [0.2, 0.25) is 0 Å². The van der Waals surface area contributed by atoms with Gasteiger partial charge < -0.3 is 9.64 Å². The molecular weight excluding hydrogens is 332 g/mol. The summed E-state index contributed by atoms with van der Waals surface area (Å²) >= 11 is 0. The summed E-state index contributed by atoms with van der Waals surface area (Å²) in [6.07, 6.45) is 0.236. The van der Waals surface area contributed by atoms with Crippen LogP contribution in [0, 0.1) is 0 Å². The Morgan fingerprint density at radius 2 is 1.65 bits per heavy atom. The molecule has 1 aliphatic rings. The van der Waals surface area contributed by atoms with Crippen molar-refractivity contribution in [2.75, 3.05) is 26.7 Å². The molecule has 0 radical (unpaired) electrons. The lowest BCUT2D eigenvalue weighted by Crippen LogP contribution is -2.37. The van der Waals surface area contributed by atoms with Gasteiger partial charge in [-0.05, 0) is 24.3 Å². The number of benzene rings is 2. The van der Waals surface area contributed by atoms with Crippen molar-refractivity contribution < 1.29 is 19.1 Å². The maximum atomic E-state index is 12.5. The standard InChI is InChI=1S/C20H20N2O4/c1-26-17-9-7-16(8-10-17)19(24)22-14-13-21(20(22)25)12-11-18(23)15-5-3-2-4-6-15/h2-10H,11-14H2,1H3. The number of nitrogens with zero attached hydrogens (tertiary/aromatic N) is 2. The van der Waals surface area contributed by atoms with Crippen molar-refractivity contribution in [3.63, 3.8) is 0 Å². The number of ether oxygens (including phenoxy) is 1. The van der Waals surface area contributed by atoms with Crippen LogP contribution in [-0.4, -0.2) is 54.3 Å². The fourth-order valence-corrected chi connectivity index (χ4v) is 2.87. The van der Waals surface area contributed by atoms with Crippen LogP contribution in [-0.2, 0) is 0 Å². The first kappa shape index (κ1) is 17.7. The molecule has 0 aromatic heterocycles. The molecule has 26 heavy (non-hydrogen) atoms. The molecule has 3 amide bonds. The van der Waals surface area contributed by atoms with Crippen molar-refractivity contribution in [1.82, 2.24) is 9.80 Å². The molecule has 0 spiro atoms. The third-order valence-corrected chi connectivity index (χ3v) is 4.38. The molecule has 6 heteroatoms. The van der Waals surface area contributed by atoms with Crippen molar-refractivity contribution in [3.05, 3.63) is 65.7 Å². The van der Waals surface area contributed by atoms with Gasteiger partial charge in [0.05, 0.1) is 7.11 Å². The van der Waals surface area contributed by atoms with Crippen LogP contribution in [0.5, 0.6) is 5.75 Å². The van der Waals surface area contributed by atoms with E-state index in [2.05, 4.69) is 0 Å². The first-order valence-corrected chi connectivity index (χ1v) is 8.43. The normalized spacial score (nSPS) is 13.8. The highest BCUT2D eigenvalue weighted by Crippen LogP contribution is 2.17. The molecule has 0 unspecified atom stereocenters. The zero-order valence-corrected chi connectivity index (χ0v) is 14.6. The number of ketones is 1. The summed E-state index contributed by atoms with van der Waals surface area (Å²) in [5.41, 5.74) is 1.06. The summed E-state index contributed by atoms with van der Waals surface area (Å²) in [6.45, 7) is 1.06. The molecule has 1 aliphatic heterocycles. The third-order valence-electron chi connectivity index (χ3n) is 4.38. The second kappa shape index (κ2) is 7.82. The quantitative estimate of drug-likeness (QED) is 0.750. The van der Waals surface area contributed by atoms with E-state index in [1.54, 1.807) is 48.4 Å². The van der Waals surface area contributed by atoms with E-state index in [0.717, 1.165) is 0 Å². The predicted octanol–water partition coefficient (Wildman–Crippen LogP) is 2.85. The van der Waals surface area contributed by atoms with Gasteiger partial charge in [-0.3, -0.25) is 14.5 Å². The monoisotopic (exact) mass is 352 g/mol. The van der Waals surface area contributed by atoms with Crippen LogP contribution in [0.1, 0.15) is 27.1 Å². The Hall–Kier alpha value is -3.15. The van der Waals surface area contributed by atoms with Crippen LogP contribution in [0.15, 0.2) is 54.6 Å². The number of urea groups is 1. The van der Waals surface area contributed by atoms with Gasteiger partial charge in [0.1, 0.15) is 5.75 Å². The van der Waals surface area contributed by atoms with Crippen molar-refractivity contribution in [1.29, 1.82) is 0 Å². The predicted molar refractivity (Wildman–Crippen MR) is 96.4 cm³/mol. The Bertz CT molecular complexity index is 802. The average molecular weight is 352 g/mol. The minimum Gasteiger partial charge on any atom is -0.497 e. The minimum absolute atomic E-state index is 0.0154. The summed E-state index contributed by atoms with van der Waals surface area (Å²) in [4.78, 5) is 40.0. The molecule has 3 rings (SSSR count). The van der Waals surface area contributed by atoms with Gasteiger partial charge in [0.25, 0.3) is 5.91 Å². The van der Waals surface area contributed by atoms with Gasteiger partial charge in [-0.15, -0.1) is 0 Å². The number of hydrogen-bond acceptors (Lipinski definition) is 4. The second-order valence-electron chi connectivity index (χ2n) is 5.99. The summed E-state index contributed by atoms with van der Waals surface area (Å²) in [5.74, 6) is 0.295. The van der Waals surface area contributed by atoms with Crippen molar-refractivity contribution in [3.8, 4) is 5.75 Å². The molecule has 0 saturated carbocycles.